The van der Waals surface area contributed by atoms with E-state index in [4.69, 9.17) is 27.9 Å². The number of hydrogen-bond donors (Lipinski definition) is 1. The monoisotopic (exact) mass is 464 g/mol. The van der Waals surface area contributed by atoms with Gasteiger partial charge >= 0.3 is 5.97 Å². The van der Waals surface area contributed by atoms with Gasteiger partial charge in [-0.05, 0) is 71.2 Å². The predicted molar refractivity (Wildman–Crippen MR) is 126 cm³/mol. The van der Waals surface area contributed by atoms with Crippen molar-refractivity contribution >= 4 is 40.9 Å². The van der Waals surface area contributed by atoms with Crippen molar-refractivity contribution in [1.29, 1.82) is 0 Å². The van der Waals surface area contributed by atoms with Gasteiger partial charge in [-0.25, -0.2) is 4.79 Å². The summed E-state index contributed by atoms with van der Waals surface area (Å²) in [6.45, 7) is 9.38. The lowest BCUT2D eigenvalue weighted by Gasteiger charge is -2.27. The van der Waals surface area contributed by atoms with Crippen LogP contribution in [0.5, 0.6) is 0 Å². The molecule has 1 aromatic carbocycles. The van der Waals surface area contributed by atoms with Gasteiger partial charge in [-0.3, -0.25) is 4.79 Å². The number of halogens is 2. The second-order valence-corrected chi connectivity index (χ2v) is 10.0. The fourth-order valence-electron chi connectivity index (χ4n) is 4.17. The number of hydrogen-bond acceptors (Lipinski definition) is 3. The van der Waals surface area contributed by atoms with Gasteiger partial charge in [-0.1, -0.05) is 42.5 Å². The molecule has 0 aliphatic heterocycles. The van der Waals surface area contributed by atoms with Gasteiger partial charge in [-0.15, -0.1) is 0 Å². The zero-order valence-electron chi connectivity index (χ0n) is 18.8. The lowest BCUT2D eigenvalue weighted by Crippen LogP contribution is -2.26. The number of rotatable bonds is 4. The summed E-state index contributed by atoms with van der Waals surface area (Å²) in [6, 6.07) is 4.96. The fraction of sp³-hybridized carbons (Fsp3) is 0.500. The van der Waals surface area contributed by atoms with Gasteiger partial charge in [0.2, 0.25) is 0 Å². The minimum absolute atomic E-state index is 0.222. The first-order chi connectivity index (χ1) is 14.5. The second-order valence-electron chi connectivity index (χ2n) is 9.18. The molecule has 1 saturated carbocycles. The van der Waals surface area contributed by atoms with Crippen LogP contribution >= 0.6 is 23.2 Å². The molecule has 0 spiro atoms. The minimum atomic E-state index is -0.648. The number of aromatic nitrogens is 1. The third-order valence-corrected chi connectivity index (χ3v) is 6.26. The Bertz CT molecular complexity index is 999. The SMILES string of the molecule is Cc1c(C(=O)OC(C)(C)C)c(NC(=O)c2ccc(Cl)cc2Cl)n(C2CCCCC2)c1C. The van der Waals surface area contributed by atoms with Gasteiger partial charge in [0, 0.05) is 16.8 Å². The van der Waals surface area contributed by atoms with Crippen LogP contribution in [0, 0.1) is 13.8 Å². The van der Waals surface area contributed by atoms with Crippen LogP contribution in [0.1, 0.15) is 90.9 Å². The molecule has 5 nitrogen and oxygen atoms in total. The molecule has 1 fully saturated rings. The smallest absolute Gasteiger partial charge is 0.342 e. The Morgan fingerprint density at radius 1 is 1.10 bits per heavy atom. The molecule has 1 amide bonds. The summed E-state index contributed by atoms with van der Waals surface area (Å²) in [6.07, 6.45) is 5.47. The number of ether oxygens (including phenoxy) is 1. The molecule has 2 aromatic rings. The van der Waals surface area contributed by atoms with Gasteiger partial charge < -0.3 is 14.6 Å². The normalized spacial score (nSPS) is 15.1. The molecule has 3 rings (SSSR count). The number of nitrogens with one attached hydrogen (secondary N) is 1. The summed E-state index contributed by atoms with van der Waals surface area (Å²) in [5.74, 6) is -0.353. The maximum atomic E-state index is 13.2. The van der Waals surface area contributed by atoms with Crippen LogP contribution < -0.4 is 5.32 Å². The molecule has 7 heteroatoms. The molecule has 1 aromatic heterocycles. The zero-order chi connectivity index (χ0) is 22.9. The molecule has 1 N–H and O–H groups in total. The molecule has 1 heterocycles. The third kappa shape index (κ3) is 5.27. The van der Waals surface area contributed by atoms with E-state index in [1.807, 2.05) is 34.6 Å². The zero-order valence-corrected chi connectivity index (χ0v) is 20.3. The summed E-state index contributed by atoms with van der Waals surface area (Å²) in [5, 5.41) is 3.69. The van der Waals surface area contributed by atoms with E-state index >= 15 is 0 Å². The van der Waals surface area contributed by atoms with E-state index in [2.05, 4.69) is 9.88 Å². The van der Waals surface area contributed by atoms with Gasteiger partial charge in [0.25, 0.3) is 5.91 Å². The molecule has 0 bridgehead atoms. The number of carbonyl (C=O) groups is 2. The quantitative estimate of drug-likeness (QED) is 0.489. The van der Waals surface area contributed by atoms with E-state index in [0.29, 0.717) is 22.0 Å². The van der Waals surface area contributed by atoms with E-state index < -0.39 is 11.6 Å². The van der Waals surface area contributed by atoms with Crippen molar-refractivity contribution in [3.05, 3.63) is 50.6 Å². The van der Waals surface area contributed by atoms with Crippen LogP contribution in [0.4, 0.5) is 5.82 Å². The van der Waals surface area contributed by atoms with Crippen molar-refractivity contribution < 1.29 is 14.3 Å². The van der Waals surface area contributed by atoms with E-state index in [1.165, 1.54) is 12.5 Å². The summed E-state index contributed by atoms with van der Waals surface area (Å²) in [7, 11) is 0. The van der Waals surface area contributed by atoms with E-state index in [9.17, 15) is 9.59 Å². The molecular formula is C24H30Cl2N2O3. The van der Waals surface area contributed by atoms with Gasteiger partial charge in [0.1, 0.15) is 17.0 Å². The Hall–Kier alpha value is -1.98. The number of anilines is 1. The highest BCUT2D eigenvalue weighted by Gasteiger charge is 2.31. The van der Waals surface area contributed by atoms with Crippen LogP contribution in [0.2, 0.25) is 10.0 Å². The Labute approximate surface area is 194 Å². The molecule has 0 saturated heterocycles. The first kappa shape index (κ1) is 23.7. The Kier molecular flexibility index (Phi) is 7.07. The van der Waals surface area contributed by atoms with Crippen molar-refractivity contribution in [2.75, 3.05) is 5.32 Å². The maximum Gasteiger partial charge on any atom is 0.342 e. The largest absolute Gasteiger partial charge is 0.456 e. The fourth-order valence-corrected chi connectivity index (χ4v) is 4.67. The first-order valence-electron chi connectivity index (χ1n) is 10.7. The van der Waals surface area contributed by atoms with Crippen molar-refractivity contribution in [1.82, 2.24) is 4.57 Å². The van der Waals surface area contributed by atoms with E-state index in [0.717, 1.165) is 36.9 Å². The highest BCUT2D eigenvalue weighted by atomic mass is 35.5. The van der Waals surface area contributed by atoms with Crippen LogP contribution in [0.3, 0.4) is 0 Å². The van der Waals surface area contributed by atoms with Crippen LogP contribution in [-0.4, -0.2) is 22.0 Å². The standard InChI is InChI=1S/C24H30Cl2N2O3/c1-14-15(2)28(17-9-7-6-8-10-17)21(20(14)23(30)31-24(3,4)5)27-22(29)18-12-11-16(25)13-19(18)26/h11-13,17H,6-10H2,1-5H3,(H,27,29). The summed E-state index contributed by atoms with van der Waals surface area (Å²) >= 11 is 12.2. The minimum Gasteiger partial charge on any atom is -0.456 e. The molecule has 31 heavy (non-hydrogen) atoms. The summed E-state index contributed by atoms with van der Waals surface area (Å²) in [5.41, 5.74) is 1.83. The molecule has 1 aliphatic rings. The van der Waals surface area contributed by atoms with E-state index in [-0.39, 0.29) is 17.0 Å². The molecule has 0 atom stereocenters. The second kappa shape index (κ2) is 9.25. The average molecular weight is 465 g/mol. The lowest BCUT2D eigenvalue weighted by molar-refractivity contribution is 0.00700. The number of carbonyl (C=O) groups excluding carboxylic acids is 2. The lowest BCUT2D eigenvalue weighted by atomic mass is 9.95. The van der Waals surface area contributed by atoms with Crippen LogP contribution in [-0.2, 0) is 4.74 Å². The molecule has 168 valence electrons. The Balaban J connectivity index is 2.09. The maximum absolute atomic E-state index is 13.2. The third-order valence-electron chi connectivity index (χ3n) is 5.71. The van der Waals surface area contributed by atoms with Gasteiger partial charge in [0.05, 0.1) is 10.6 Å². The highest BCUT2D eigenvalue weighted by Crippen LogP contribution is 2.38. The molecule has 0 radical (unpaired) electrons. The molecular weight excluding hydrogens is 435 g/mol. The number of amides is 1. The van der Waals surface area contributed by atoms with Crippen LogP contribution in [0.25, 0.3) is 0 Å². The van der Waals surface area contributed by atoms with Crippen molar-refractivity contribution in [3.8, 4) is 0 Å². The van der Waals surface area contributed by atoms with Gasteiger partial charge in [0.15, 0.2) is 0 Å². The highest BCUT2D eigenvalue weighted by molar-refractivity contribution is 6.37. The van der Waals surface area contributed by atoms with E-state index in [1.54, 1.807) is 12.1 Å². The number of esters is 1. The van der Waals surface area contributed by atoms with Crippen LogP contribution in [0.15, 0.2) is 18.2 Å². The van der Waals surface area contributed by atoms with Crippen molar-refractivity contribution in [3.63, 3.8) is 0 Å². The predicted octanol–water partition coefficient (Wildman–Crippen LogP) is 7.12. The average Bonchev–Trinajstić information content (AvgIpc) is 2.91. The number of nitrogens with zero attached hydrogens (tertiary/aromatic N) is 1. The topological polar surface area (TPSA) is 60.3 Å². The summed E-state index contributed by atoms with van der Waals surface area (Å²) < 4.78 is 7.79. The molecule has 1 aliphatic carbocycles. The Morgan fingerprint density at radius 3 is 2.32 bits per heavy atom. The first-order valence-corrected chi connectivity index (χ1v) is 11.5. The number of benzene rings is 1. The van der Waals surface area contributed by atoms with Crippen molar-refractivity contribution in [2.24, 2.45) is 0 Å². The summed E-state index contributed by atoms with van der Waals surface area (Å²) in [4.78, 5) is 26.3. The van der Waals surface area contributed by atoms with Crippen molar-refractivity contribution in [2.45, 2.75) is 78.4 Å². The molecule has 0 unspecified atom stereocenters. The van der Waals surface area contributed by atoms with Gasteiger partial charge in [-0.2, -0.15) is 0 Å². The Morgan fingerprint density at radius 2 is 1.74 bits per heavy atom.